The molecule has 0 aliphatic rings. The third-order valence-electron chi connectivity index (χ3n) is 5.83. The van der Waals surface area contributed by atoms with E-state index in [-0.39, 0.29) is 30.3 Å². The summed E-state index contributed by atoms with van der Waals surface area (Å²) >= 11 is 0. The molecular weight excluding hydrogens is 472 g/mol. The molecule has 9 heteroatoms. The highest BCUT2D eigenvalue weighted by molar-refractivity contribution is 5.94. The summed E-state index contributed by atoms with van der Waals surface area (Å²) in [6, 6.07) is 12.8. The van der Waals surface area contributed by atoms with Crippen molar-refractivity contribution in [1.29, 1.82) is 0 Å². The first-order chi connectivity index (χ1) is 17.7. The summed E-state index contributed by atoms with van der Waals surface area (Å²) in [5.41, 5.74) is 2.23. The highest BCUT2D eigenvalue weighted by Gasteiger charge is 2.22. The fourth-order valence-electron chi connectivity index (χ4n) is 3.89. The number of amides is 2. The number of benzene rings is 2. The van der Waals surface area contributed by atoms with Gasteiger partial charge in [0.1, 0.15) is 12.3 Å². The zero-order chi connectivity index (χ0) is 27.1. The zero-order valence-corrected chi connectivity index (χ0v) is 22.6. The van der Waals surface area contributed by atoms with Crippen LogP contribution in [0.25, 0.3) is 16.9 Å². The van der Waals surface area contributed by atoms with E-state index in [0.29, 0.717) is 29.6 Å². The summed E-state index contributed by atoms with van der Waals surface area (Å²) in [7, 11) is 4.75. The van der Waals surface area contributed by atoms with Gasteiger partial charge in [0.15, 0.2) is 11.5 Å². The fraction of sp³-hybridized carbons (Fsp3) is 0.393. The maximum absolute atomic E-state index is 13.1. The summed E-state index contributed by atoms with van der Waals surface area (Å²) in [6.07, 6.45) is 2.22. The summed E-state index contributed by atoms with van der Waals surface area (Å²) < 4.78 is 17.9. The Kier molecular flexibility index (Phi) is 9.16. The molecule has 0 bridgehead atoms. The molecule has 0 saturated heterocycles. The smallest absolute Gasteiger partial charge is 0.246 e. The molecule has 37 heavy (non-hydrogen) atoms. The molecule has 0 radical (unpaired) electrons. The zero-order valence-electron chi connectivity index (χ0n) is 22.6. The van der Waals surface area contributed by atoms with Crippen LogP contribution in [0, 0.1) is 5.92 Å². The number of hydrogen-bond acceptors (Lipinski definition) is 6. The SMILES string of the molecule is COc1ccc(-c2cn(-c3ccc(OC)c(OC)c3)c(NC(=O)CN(C(=O)CC(C)C)C(C)C)n2)cc1. The van der Waals surface area contributed by atoms with E-state index in [1.54, 1.807) is 42.9 Å². The molecule has 3 aromatic rings. The molecule has 0 atom stereocenters. The van der Waals surface area contributed by atoms with Gasteiger partial charge in [0.2, 0.25) is 17.8 Å². The molecule has 9 nitrogen and oxygen atoms in total. The highest BCUT2D eigenvalue weighted by Crippen LogP contribution is 2.32. The minimum atomic E-state index is -0.334. The average molecular weight is 509 g/mol. The van der Waals surface area contributed by atoms with E-state index in [1.807, 2.05) is 64.2 Å². The summed E-state index contributed by atoms with van der Waals surface area (Å²) in [6.45, 7) is 7.70. The molecule has 0 aliphatic heterocycles. The van der Waals surface area contributed by atoms with E-state index in [2.05, 4.69) is 5.32 Å². The standard InChI is InChI=1S/C28H36N4O5/c1-18(2)14-27(34)31(19(3)4)17-26(33)30-28-29-23(20-8-11-22(35-5)12-9-20)16-32(28)21-10-13-24(36-6)25(15-21)37-7/h8-13,15-16,18-19H,14,17H2,1-7H3,(H,29,30,33). The number of carbonyl (C=O) groups is 2. The first-order valence-electron chi connectivity index (χ1n) is 12.2. The Bertz CT molecular complexity index is 1220. The van der Waals surface area contributed by atoms with Crippen LogP contribution < -0.4 is 19.5 Å². The lowest BCUT2D eigenvalue weighted by atomic mass is 10.1. The van der Waals surface area contributed by atoms with Gasteiger partial charge in [0, 0.05) is 30.3 Å². The maximum atomic E-state index is 13.1. The van der Waals surface area contributed by atoms with Crippen molar-refractivity contribution in [3.8, 4) is 34.2 Å². The fourth-order valence-corrected chi connectivity index (χ4v) is 3.89. The number of carbonyl (C=O) groups excluding carboxylic acids is 2. The lowest BCUT2D eigenvalue weighted by molar-refractivity contribution is -0.137. The molecular formula is C28H36N4O5. The summed E-state index contributed by atoms with van der Waals surface area (Å²) in [4.78, 5) is 32.2. The third kappa shape index (κ3) is 6.81. The van der Waals surface area contributed by atoms with Crippen LogP contribution in [0.15, 0.2) is 48.7 Å². The molecule has 1 aromatic heterocycles. The molecule has 0 spiro atoms. The normalized spacial score (nSPS) is 10.9. The van der Waals surface area contributed by atoms with Gasteiger partial charge < -0.3 is 19.1 Å². The van der Waals surface area contributed by atoms with Crippen molar-refractivity contribution in [3.05, 3.63) is 48.7 Å². The Labute approximate surface area is 218 Å². The lowest BCUT2D eigenvalue weighted by Gasteiger charge is -2.27. The Morgan fingerprint density at radius 2 is 1.62 bits per heavy atom. The van der Waals surface area contributed by atoms with Gasteiger partial charge in [-0.1, -0.05) is 13.8 Å². The summed E-state index contributed by atoms with van der Waals surface area (Å²) in [5.74, 6) is 2.00. The number of methoxy groups -OCH3 is 3. The quantitative estimate of drug-likeness (QED) is 0.400. The topological polar surface area (TPSA) is 94.9 Å². The van der Waals surface area contributed by atoms with Gasteiger partial charge >= 0.3 is 0 Å². The van der Waals surface area contributed by atoms with E-state index in [0.717, 1.165) is 17.0 Å². The van der Waals surface area contributed by atoms with Crippen LogP contribution in [-0.2, 0) is 9.59 Å². The molecule has 0 aliphatic carbocycles. The van der Waals surface area contributed by atoms with Gasteiger partial charge in [0.05, 0.1) is 32.7 Å². The van der Waals surface area contributed by atoms with Gasteiger partial charge in [-0.3, -0.25) is 19.5 Å². The van der Waals surface area contributed by atoms with Crippen molar-refractivity contribution < 1.29 is 23.8 Å². The first kappa shape index (κ1) is 27.6. The van der Waals surface area contributed by atoms with Crippen LogP contribution in [0.4, 0.5) is 5.95 Å². The minimum Gasteiger partial charge on any atom is -0.497 e. The Balaban J connectivity index is 1.97. The molecule has 2 amide bonds. The highest BCUT2D eigenvalue weighted by atomic mass is 16.5. The van der Waals surface area contributed by atoms with E-state index in [1.165, 1.54) is 0 Å². The van der Waals surface area contributed by atoms with Crippen molar-refractivity contribution in [2.45, 2.75) is 40.2 Å². The van der Waals surface area contributed by atoms with Crippen LogP contribution in [-0.4, -0.2) is 60.2 Å². The molecule has 198 valence electrons. The largest absolute Gasteiger partial charge is 0.497 e. The Morgan fingerprint density at radius 3 is 2.19 bits per heavy atom. The van der Waals surface area contributed by atoms with Gasteiger partial charge in [-0.2, -0.15) is 0 Å². The average Bonchev–Trinajstić information content (AvgIpc) is 3.29. The number of anilines is 1. The number of ether oxygens (including phenoxy) is 3. The van der Waals surface area contributed by atoms with Gasteiger partial charge in [-0.15, -0.1) is 0 Å². The van der Waals surface area contributed by atoms with E-state index in [9.17, 15) is 9.59 Å². The number of rotatable bonds is 11. The van der Waals surface area contributed by atoms with Crippen molar-refractivity contribution >= 4 is 17.8 Å². The van der Waals surface area contributed by atoms with Gasteiger partial charge in [0.25, 0.3) is 0 Å². The van der Waals surface area contributed by atoms with Crippen molar-refractivity contribution in [1.82, 2.24) is 14.5 Å². The number of nitrogens with one attached hydrogen (secondary N) is 1. The third-order valence-corrected chi connectivity index (χ3v) is 5.83. The second-order valence-electron chi connectivity index (χ2n) is 9.35. The Morgan fingerprint density at radius 1 is 0.946 bits per heavy atom. The van der Waals surface area contributed by atoms with Crippen molar-refractivity contribution in [2.75, 3.05) is 33.2 Å². The number of aromatic nitrogens is 2. The van der Waals surface area contributed by atoms with Crippen LogP contribution in [0.2, 0.25) is 0 Å². The molecule has 0 unspecified atom stereocenters. The number of hydrogen-bond donors (Lipinski definition) is 1. The van der Waals surface area contributed by atoms with E-state index >= 15 is 0 Å². The molecule has 1 heterocycles. The molecule has 0 fully saturated rings. The number of imidazole rings is 1. The molecule has 2 aromatic carbocycles. The van der Waals surface area contributed by atoms with Crippen molar-refractivity contribution in [2.24, 2.45) is 5.92 Å². The Hall–Kier alpha value is -4.01. The van der Waals surface area contributed by atoms with E-state index in [4.69, 9.17) is 19.2 Å². The maximum Gasteiger partial charge on any atom is 0.246 e. The molecule has 1 N–H and O–H groups in total. The predicted molar refractivity (Wildman–Crippen MR) is 144 cm³/mol. The second-order valence-corrected chi connectivity index (χ2v) is 9.35. The van der Waals surface area contributed by atoms with Crippen LogP contribution in [0.1, 0.15) is 34.1 Å². The first-order valence-corrected chi connectivity index (χ1v) is 12.2. The van der Waals surface area contributed by atoms with Gasteiger partial charge in [-0.05, 0) is 56.2 Å². The van der Waals surface area contributed by atoms with Crippen LogP contribution >= 0.6 is 0 Å². The minimum absolute atomic E-state index is 0.0534. The lowest BCUT2D eigenvalue weighted by Crippen LogP contribution is -2.43. The van der Waals surface area contributed by atoms with E-state index < -0.39 is 0 Å². The van der Waals surface area contributed by atoms with Crippen LogP contribution in [0.3, 0.4) is 0 Å². The number of nitrogens with zero attached hydrogens (tertiary/aromatic N) is 3. The predicted octanol–water partition coefficient (Wildman–Crippen LogP) is 4.79. The monoisotopic (exact) mass is 508 g/mol. The van der Waals surface area contributed by atoms with Gasteiger partial charge in [-0.25, -0.2) is 4.98 Å². The molecule has 3 rings (SSSR count). The van der Waals surface area contributed by atoms with Crippen LogP contribution in [0.5, 0.6) is 17.2 Å². The second kappa shape index (κ2) is 12.3. The molecule has 0 saturated carbocycles. The van der Waals surface area contributed by atoms with Crippen molar-refractivity contribution in [3.63, 3.8) is 0 Å². The summed E-state index contributed by atoms with van der Waals surface area (Å²) in [5, 5.41) is 2.90.